The molecule has 0 heterocycles. The predicted octanol–water partition coefficient (Wildman–Crippen LogP) is 1.65. The molecule has 0 spiro atoms. The highest BCUT2D eigenvalue weighted by Crippen LogP contribution is 2.27. The van der Waals surface area contributed by atoms with Crippen LogP contribution in [0.4, 0.5) is 0 Å². The largest absolute Gasteiger partial charge is 0.507 e. The molecule has 1 atom stereocenters. The number of carbonyl (C=O) groups is 1. The number of hydrogen-bond acceptors (Lipinski definition) is 4. The van der Waals surface area contributed by atoms with Crippen LogP contribution >= 0.6 is 0 Å². The molecule has 0 aromatic heterocycles. The van der Waals surface area contributed by atoms with Crippen molar-refractivity contribution >= 4 is 5.97 Å². The van der Waals surface area contributed by atoms with E-state index in [1.165, 1.54) is 0 Å². The number of rotatable bonds is 4. The number of esters is 1. The minimum absolute atomic E-state index is 0.0743. The number of phenolic OH excluding ortho intramolecular Hbond substituents is 1. The Hall–Kier alpha value is -1.55. The lowest BCUT2D eigenvalue weighted by molar-refractivity contribution is -0.143. The van der Waals surface area contributed by atoms with Crippen molar-refractivity contribution in [1.29, 1.82) is 0 Å². The third-order valence-electron chi connectivity index (χ3n) is 2.36. The lowest BCUT2D eigenvalue weighted by Gasteiger charge is -2.14. The summed E-state index contributed by atoms with van der Waals surface area (Å²) in [5, 5.41) is 9.78. The van der Waals surface area contributed by atoms with E-state index in [-0.39, 0.29) is 18.1 Å². The molecular formula is C12H17NO3. The Morgan fingerprint density at radius 2 is 2.25 bits per heavy atom. The van der Waals surface area contributed by atoms with Crippen LogP contribution in [-0.2, 0) is 9.53 Å². The molecular weight excluding hydrogens is 206 g/mol. The van der Waals surface area contributed by atoms with E-state index in [4.69, 9.17) is 10.5 Å². The minimum atomic E-state index is -0.529. The molecule has 1 rings (SSSR count). The van der Waals surface area contributed by atoms with Gasteiger partial charge in [0.2, 0.25) is 0 Å². The van der Waals surface area contributed by atoms with Gasteiger partial charge in [0.15, 0.2) is 0 Å². The Labute approximate surface area is 95.0 Å². The van der Waals surface area contributed by atoms with Crippen molar-refractivity contribution in [2.24, 2.45) is 5.73 Å². The number of nitrogens with two attached hydrogens (primary N) is 1. The number of aromatic hydroxyl groups is 1. The molecule has 4 heteroatoms. The van der Waals surface area contributed by atoms with Gasteiger partial charge < -0.3 is 15.6 Å². The highest BCUT2D eigenvalue weighted by Gasteiger charge is 2.16. The zero-order valence-corrected chi connectivity index (χ0v) is 9.56. The molecule has 1 aromatic rings. The average molecular weight is 223 g/mol. The fourth-order valence-electron chi connectivity index (χ4n) is 1.49. The van der Waals surface area contributed by atoms with E-state index in [0.29, 0.717) is 12.2 Å². The average Bonchev–Trinajstić information content (AvgIpc) is 2.22. The Kier molecular flexibility index (Phi) is 4.31. The van der Waals surface area contributed by atoms with Crippen LogP contribution in [0.15, 0.2) is 18.2 Å². The summed E-state index contributed by atoms with van der Waals surface area (Å²) in [6.45, 7) is 3.87. The monoisotopic (exact) mass is 223 g/mol. The molecule has 0 bridgehead atoms. The number of hydrogen-bond donors (Lipinski definition) is 2. The summed E-state index contributed by atoms with van der Waals surface area (Å²) >= 11 is 0. The summed E-state index contributed by atoms with van der Waals surface area (Å²) in [7, 11) is 0. The summed E-state index contributed by atoms with van der Waals surface area (Å²) in [4.78, 5) is 11.2. The van der Waals surface area contributed by atoms with Gasteiger partial charge >= 0.3 is 5.97 Å². The van der Waals surface area contributed by atoms with Gasteiger partial charge in [-0.25, -0.2) is 0 Å². The Bertz CT molecular complexity index is 377. The van der Waals surface area contributed by atoms with Crippen molar-refractivity contribution < 1.29 is 14.6 Å². The number of aryl methyl sites for hydroxylation is 1. The van der Waals surface area contributed by atoms with Crippen molar-refractivity contribution in [3.05, 3.63) is 29.3 Å². The maximum atomic E-state index is 11.2. The van der Waals surface area contributed by atoms with Crippen LogP contribution in [0.5, 0.6) is 5.75 Å². The molecule has 0 saturated heterocycles. The van der Waals surface area contributed by atoms with E-state index >= 15 is 0 Å². The maximum absolute atomic E-state index is 11.2. The molecule has 0 aliphatic heterocycles. The van der Waals surface area contributed by atoms with Crippen LogP contribution in [0.25, 0.3) is 0 Å². The molecule has 0 radical (unpaired) electrons. The molecule has 0 fully saturated rings. The predicted molar refractivity (Wildman–Crippen MR) is 61.0 cm³/mol. The molecule has 0 saturated carbocycles. The van der Waals surface area contributed by atoms with Gasteiger partial charge in [-0.15, -0.1) is 0 Å². The zero-order chi connectivity index (χ0) is 12.1. The van der Waals surface area contributed by atoms with Gasteiger partial charge in [0.25, 0.3) is 0 Å². The third-order valence-corrected chi connectivity index (χ3v) is 2.36. The topological polar surface area (TPSA) is 72.5 Å². The summed E-state index contributed by atoms with van der Waals surface area (Å²) in [6, 6.07) is 4.77. The first-order valence-electron chi connectivity index (χ1n) is 5.26. The molecule has 4 nitrogen and oxygen atoms in total. The number of carbonyl (C=O) groups excluding carboxylic acids is 1. The summed E-state index contributed by atoms with van der Waals surface area (Å²) < 4.78 is 4.80. The van der Waals surface area contributed by atoms with Gasteiger partial charge in [-0.1, -0.05) is 18.2 Å². The van der Waals surface area contributed by atoms with E-state index in [1.54, 1.807) is 32.0 Å². The van der Waals surface area contributed by atoms with E-state index in [9.17, 15) is 9.90 Å². The molecule has 88 valence electrons. The molecule has 0 amide bonds. The second kappa shape index (κ2) is 5.51. The summed E-state index contributed by atoms with van der Waals surface area (Å²) in [6.07, 6.45) is 0.0743. The third kappa shape index (κ3) is 2.97. The van der Waals surface area contributed by atoms with Crippen LogP contribution in [0.2, 0.25) is 0 Å². The normalized spacial score (nSPS) is 12.2. The van der Waals surface area contributed by atoms with Crippen molar-refractivity contribution in [3.63, 3.8) is 0 Å². The van der Waals surface area contributed by atoms with E-state index < -0.39 is 6.04 Å². The molecule has 0 aliphatic carbocycles. The first kappa shape index (κ1) is 12.5. The van der Waals surface area contributed by atoms with E-state index in [0.717, 1.165) is 5.56 Å². The fraction of sp³-hybridized carbons (Fsp3) is 0.417. The van der Waals surface area contributed by atoms with Crippen molar-refractivity contribution in [3.8, 4) is 5.75 Å². The molecule has 1 aromatic carbocycles. The summed E-state index contributed by atoms with van der Waals surface area (Å²) in [5.41, 5.74) is 7.16. The Morgan fingerprint density at radius 3 is 2.88 bits per heavy atom. The molecule has 3 N–H and O–H groups in total. The lowest BCUT2D eigenvalue weighted by Crippen LogP contribution is -2.17. The second-order valence-corrected chi connectivity index (χ2v) is 3.63. The highest BCUT2D eigenvalue weighted by molar-refractivity contribution is 5.70. The highest BCUT2D eigenvalue weighted by atomic mass is 16.5. The van der Waals surface area contributed by atoms with Crippen molar-refractivity contribution in [2.75, 3.05) is 6.61 Å². The molecule has 0 aliphatic rings. The van der Waals surface area contributed by atoms with Crippen molar-refractivity contribution in [1.82, 2.24) is 0 Å². The van der Waals surface area contributed by atoms with Gasteiger partial charge in [-0.2, -0.15) is 0 Å². The number of ether oxygens (including phenoxy) is 1. The SMILES string of the molecule is CCOC(=O)C[C@H](N)c1cccc(C)c1O. The lowest BCUT2D eigenvalue weighted by atomic mass is 10.0. The van der Waals surface area contributed by atoms with Crippen LogP contribution in [0, 0.1) is 6.92 Å². The van der Waals surface area contributed by atoms with Crippen LogP contribution in [0.3, 0.4) is 0 Å². The maximum Gasteiger partial charge on any atom is 0.307 e. The number of phenols is 1. The fourth-order valence-corrected chi connectivity index (χ4v) is 1.49. The number of para-hydroxylation sites is 1. The van der Waals surface area contributed by atoms with Crippen molar-refractivity contribution in [2.45, 2.75) is 26.3 Å². The zero-order valence-electron chi connectivity index (χ0n) is 9.56. The number of benzene rings is 1. The van der Waals surface area contributed by atoms with Gasteiger partial charge in [0.1, 0.15) is 5.75 Å². The van der Waals surface area contributed by atoms with Crippen LogP contribution < -0.4 is 5.73 Å². The quantitative estimate of drug-likeness (QED) is 0.761. The van der Waals surface area contributed by atoms with Crippen LogP contribution in [-0.4, -0.2) is 17.7 Å². The minimum Gasteiger partial charge on any atom is -0.507 e. The van der Waals surface area contributed by atoms with Gasteiger partial charge in [-0.05, 0) is 19.4 Å². The standard InChI is InChI=1S/C12H17NO3/c1-3-16-11(14)7-10(13)9-6-4-5-8(2)12(9)15/h4-6,10,15H,3,7,13H2,1-2H3/t10-/m0/s1. The first-order valence-corrected chi connectivity index (χ1v) is 5.26. The van der Waals surface area contributed by atoms with Crippen LogP contribution in [0.1, 0.15) is 30.5 Å². The van der Waals surface area contributed by atoms with Gasteiger partial charge in [0, 0.05) is 11.6 Å². The molecule has 16 heavy (non-hydrogen) atoms. The summed E-state index contributed by atoms with van der Waals surface area (Å²) in [5.74, 6) is -0.199. The smallest absolute Gasteiger partial charge is 0.307 e. The van der Waals surface area contributed by atoms with Gasteiger partial charge in [0.05, 0.1) is 13.0 Å². The molecule has 0 unspecified atom stereocenters. The Morgan fingerprint density at radius 1 is 1.56 bits per heavy atom. The second-order valence-electron chi connectivity index (χ2n) is 3.63. The first-order chi connectivity index (χ1) is 7.56. The Balaban J connectivity index is 2.76. The van der Waals surface area contributed by atoms with Gasteiger partial charge in [-0.3, -0.25) is 4.79 Å². The van der Waals surface area contributed by atoms with E-state index in [1.807, 2.05) is 0 Å². The van der Waals surface area contributed by atoms with E-state index in [2.05, 4.69) is 0 Å².